The van der Waals surface area contributed by atoms with Crippen molar-refractivity contribution >= 4 is 11.7 Å². The van der Waals surface area contributed by atoms with Crippen LogP contribution in [0.25, 0.3) is 0 Å². The van der Waals surface area contributed by atoms with Gasteiger partial charge in [0.15, 0.2) is 11.5 Å². The Labute approximate surface area is 126 Å². The molecule has 1 atom stereocenters. The van der Waals surface area contributed by atoms with Crippen LogP contribution in [0.15, 0.2) is 30.0 Å². The Morgan fingerprint density at radius 3 is 2.48 bits per heavy atom. The van der Waals surface area contributed by atoms with Crippen molar-refractivity contribution in [2.45, 2.75) is 40.2 Å². The highest BCUT2D eigenvalue weighted by molar-refractivity contribution is 6.00. The minimum atomic E-state index is -0.484. The average molecular weight is 289 g/mol. The topological polar surface area (TPSA) is 57.6 Å². The van der Waals surface area contributed by atoms with E-state index in [4.69, 9.17) is 0 Å². The van der Waals surface area contributed by atoms with Crippen LogP contribution < -0.4 is 0 Å². The van der Waals surface area contributed by atoms with Gasteiger partial charge in [-0.15, -0.1) is 0 Å². The number of aliphatic hydroxyl groups is 1. The summed E-state index contributed by atoms with van der Waals surface area (Å²) in [4.78, 5) is 24.9. The lowest BCUT2D eigenvalue weighted by atomic mass is 9.99. The van der Waals surface area contributed by atoms with Crippen LogP contribution in [0.5, 0.6) is 0 Å². The number of ketones is 1. The van der Waals surface area contributed by atoms with Gasteiger partial charge in [0, 0.05) is 19.5 Å². The van der Waals surface area contributed by atoms with Gasteiger partial charge in [-0.25, -0.2) is 0 Å². The lowest BCUT2D eigenvalue weighted by molar-refractivity contribution is -0.127. The lowest BCUT2D eigenvalue weighted by Gasteiger charge is -2.25. The van der Waals surface area contributed by atoms with E-state index in [1.54, 1.807) is 14.0 Å². The predicted molar refractivity (Wildman–Crippen MR) is 83.1 cm³/mol. The maximum absolute atomic E-state index is 12.1. The van der Waals surface area contributed by atoms with Crippen LogP contribution in [0.1, 0.15) is 43.0 Å². The van der Waals surface area contributed by atoms with E-state index in [1.165, 1.54) is 10.5 Å². The average Bonchev–Trinajstić information content (AvgIpc) is 2.44. The van der Waals surface area contributed by atoms with Crippen LogP contribution in [0.2, 0.25) is 0 Å². The van der Waals surface area contributed by atoms with Gasteiger partial charge < -0.3 is 10.0 Å². The standard InChI is InChI=1S/C17H23NO3/c1-6-15(19)16(20)10-17(21)18(5)13(4)14-8-7-11(2)9-12(14)3/h7-10,13,20H,6H2,1-5H3/b16-10-. The fraction of sp³-hybridized carbons (Fsp3) is 0.412. The molecule has 0 fully saturated rings. The molecule has 0 aliphatic rings. The van der Waals surface area contributed by atoms with Crippen molar-refractivity contribution in [3.63, 3.8) is 0 Å². The van der Waals surface area contributed by atoms with Crippen molar-refractivity contribution in [3.05, 3.63) is 46.7 Å². The van der Waals surface area contributed by atoms with Gasteiger partial charge in [-0.05, 0) is 31.9 Å². The summed E-state index contributed by atoms with van der Waals surface area (Å²) in [6.45, 7) is 7.58. The van der Waals surface area contributed by atoms with E-state index >= 15 is 0 Å². The number of Topliss-reactive ketones (excluding diaryl/α,β-unsaturated/α-hetero) is 1. The summed E-state index contributed by atoms with van der Waals surface area (Å²) in [5.41, 5.74) is 3.33. The molecular formula is C17H23NO3. The van der Waals surface area contributed by atoms with Crippen molar-refractivity contribution in [1.29, 1.82) is 0 Å². The molecule has 0 aromatic heterocycles. The molecule has 1 amide bonds. The van der Waals surface area contributed by atoms with Crippen LogP contribution >= 0.6 is 0 Å². The van der Waals surface area contributed by atoms with E-state index in [0.29, 0.717) is 0 Å². The maximum atomic E-state index is 12.1. The molecule has 0 spiro atoms. The van der Waals surface area contributed by atoms with E-state index in [0.717, 1.165) is 17.2 Å². The Bertz CT molecular complexity index is 575. The normalized spacial score (nSPS) is 12.9. The molecule has 0 saturated carbocycles. The molecule has 21 heavy (non-hydrogen) atoms. The summed E-state index contributed by atoms with van der Waals surface area (Å²) >= 11 is 0. The summed E-state index contributed by atoms with van der Waals surface area (Å²) in [6, 6.07) is 5.93. The van der Waals surface area contributed by atoms with Crippen molar-refractivity contribution in [2.24, 2.45) is 0 Å². The zero-order chi connectivity index (χ0) is 16.2. The maximum Gasteiger partial charge on any atom is 0.250 e. The number of rotatable bonds is 5. The van der Waals surface area contributed by atoms with E-state index in [1.807, 2.05) is 32.9 Å². The molecule has 0 aliphatic carbocycles. The van der Waals surface area contributed by atoms with Gasteiger partial charge >= 0.3 is 0 Å². The first-order valence-corrected chi connectivity index (χ1v) is 7.05. The number of aliphatic hydroxyl groups excluding tert-OH is 1. The highest BCUT2D eigenvalue weighted by Gasteiger charge is 2.19. The monoisotopic (exact) mass is 289 g/mol. The highest BCUT2D eigenvalue weighted by atomic mass is 16.3. The van der Waals surface area contributed by atoms with Gasteiger partial charge in [0.1, 0.15) is 0 Å². The van der Waals surface area contributed by atoms with Crippen LogP contribution in [-0.4, -0.2) is 28.7 Å². The van der Waals surface area contributed by atoms with E-state index < -0.39 is 11.5 Å². The van der Waals surface area contributed by atoms with Crippen LogP contribution in [0.4, 0.5) is 0 Å². The Balaban J connectivity index is 2.94. The number of aryl methyl sites for hydroxylation is 2. The molecular weight excluding hydrogens is 266 g/mol. The Morgan fingerprint density at radius 1 is 1.33 bits per heavy atom. The second kappa shape index (κ2) is 7.07. The quantitative estimate of drug-likeness (QED) is 0.668. The van der Waals surface area contributed by atoms with Gasteiger partial charge in [-0.3, -0.25) is 9.59 Å². The zero-order valence-corrected chi connectivity index (χ0v) is 13.3. The third kappa shape index (κ3) is 4.18. The number of hydrogen-bond donors (Lipinski definition) is 1. The summed E-state index contributed by atoms with van der Waals surface area (Å²) in [5.74, 6) is -1.31. The zero-order valence-electron chi connectivity index (χ0n) is 13.3. The molecule has 4 nitrogen and oxygen atoms in total. The Kier molecular flexibility index (Phi) is 5.70. The second-order valence-corrected chi connectivity index (χ2v) is 5.29. The van der Waals surface area contributed by atoms with Crippen LogP contribution in [0.3, 0.4) is 0 Å². The summed E-state index contributed by atoms with van der Waals surface area (Å²) in [6.07, 6.45) is 1.16. The second-order valence-electron chi connectivity index (χ2n) is 5.29. The third-order valence-corrected chi connectivity index (χ3v) is 3.67. The number of nitrogens with zero attached hydrogens (tertiary/aromatic N) is 1. The molecule has 1 unspecified atom stereocenters. The molecule has 1 aromatic carbocycles. The van der Waals surface area contributed by atoms with Crippen molar-refractivity contribution < 1.29 is 14.7 Å². The number of hydrogen-bond acceptors (Lipinski definition) is 3. The molecule has 0 radical (unpaired) electrons. The fourth-order valence-corrected chi connectivity index (χ4v) is 2.17. The van der Waals surface area contributed by atoms with Crippen molar-refractivity contribution in [3.8, 4) is 0 Å². The molecule has 0 heterocycles. The molecule has 1 aromatic rings. The van der Waals surface area contributed by atoms with Crippen LogP contribution in [-0.2, 0) is 9.59 Å². The van der Waals surface area contributed by atoms with Gasteiger partial charge in [0.25, 0.3) is 5.91 Å². The first kappa shape index (κ1) is 17.0. The lowest BCUT2D eigenvalue weighted by Crippen LogP contribution is -2.29. The largest absolute Gasteiger partial charge is 0.504 e. The fourth-order valence-electron chi connectivity index (χ4n) is 2.17. The van der Waals surface area contributed by atoms with E-state index in [9.17, 15) is 14.7 Å². The number of likely N-dealkylation sites (N-methyl/N-ethyl adjacent to an activating group) is 1. The number of carbonyl (C=O) groups excluding carboxylic acids is 2. The minimum absolute atomic E-state index is 0.140. The van der Waals surface area contributed by atoms with Crippen molar-refractivity contribution in [1.82, 2.24) is 4.90 Å². The smallest absolute Gasteiger partial charge is 0.250 e. The molecule has 114 valence electrons. The van der Waals surface area contributed by atoms with Gasteiger partial charge in [-0.2, -0.15) is 0 Å². The first-order valence-electron chi connectivity index (χ1n) is 7.05. The number of carbonyl (C=O) groups is 2. The SMILES string of the molecule is CCC(=O)/C(O)=C/C(=O)N(C)C(C)c1ccc(C)cc1C. The molecule has 0 aliphatic heterocycles. The van der Waals surface area contributed by atoms with Gasteiger partial charge in [0.05, 0.1) is 6.04 Å². The molecule has 0 bridgehead atoms. The molecule has 0 saturated heterocycles. The molecule has 1 rings (SSSR count). The molecule has 4 heteroatoms. The number of benzene rings is 1. The summed E-state index contributed by atoms with van der Waals surface area (Å²) < 4.78 is 0. The van der Waals surface area contributed by atoms with E-state index in [-0.39, 0.29) is 18.4 Å². The predicted octanol–water partition coefficient (Wildman–Crippen LogP) is 3.24. The summed E-state index contributed by atoms with van der Waals surface area (Å²) in [7, 11) is 1.66. The molecule has 1 N–H and O–H groups in total. The number of amides is 1. The van der Waals surface area contributed by atoms with Gasteiger partial charge in [0.2, 0.25) is 0 Å². The number of allylic oxidation sites excluding steroid dienone is 1. The Hall–Kier alpha value is -2.10. The highest BCUT2D eigenvalue weighted by Crippen LogP contribution is 2.23. The third-order valence-electron chi connectivity index (χ3n) is 3.67. The Morgan fingerprint density at radius 2 is 1.95 bits per heavy atom. The van der Waals surface area contributed by atoms with Gasteiger partial charge in [-0.1, -0.05) is 30.7 Å². The first-order chi connectivity index (χ1) is 9.77. The van der Waals surface area contributed by atoms with E-state index in [2.05, 4.69) is 6.07 Å². The summed E-state index contributed by atoms with van der Waals surface area (Å²) in [5, 5.41) is 9.54. The van der Waals surface area contributed by atoms with Crippen LogP contribution in [0, 0.1) is 13.8 Å². The minimum Gasteiger partial charge on any atom is -0.504 e. The van der Waals surface area contributed by atoms with Crippen molar-refractivity contribution in [2.75, 3.05) is 7.05 Å².